The summed E-state index contributed by atoms with van der Waals surface area (Å²) in [6.07, 6.45) is 1.46. The molecule has 3 amide bonds. The van der Waals surface area contributed by atoms with Crippen molar-refractivity contribution in [1.29, 1.82) is 0 Å². The second-order valence-corrected chi connectivity index (χ2v) is 15.2. The fraction of sp³-hybridized carbons (Fsp3) is 0.278. The molecule has 2 aliphatic rings. The van der Waals surface area contributed by atoms with Gasteiger partial charge in [0.25, 0.3) is 0 Å². The molecule has 1 saturated heterocycles. The number of hydrogen-bond acceptors (Lipinski definition) is 12. The van der Waals surface area contributed by atoms with Crippen LogP contribution in [-0.4, -0.2) is 84.2 Å². The number of quaternary nitrogens is 1. The normalized spacial score (nSPS) is 18.7. The number of likely N-dealkylation sites (N-methyl/N-ethyl adjacent to an activating group) is 1. The Labute approximate surface area is 309 Å². The summed E-state index contributed by atoms with van der Waals surface area (Å²) in [7, 11) is -2.38. The fourth-order valence-electron chi connectivity index (χ4n) is 6.82. The first kappa shape index (κ1) is 36.0. The number of rotatable bonds is 10. The first-order chi connectivity index (χ1) is 25.4. The molecule has 1 unspecified atom stereocenters. The van der Waals surface area contributed by atoms with Crippen LogP contribution in [0.2, 0.25) is 5.02 Å². The molecule has 3 atom stereocenters. The number of likely N-dealkylation sites (tertiary alicyclic amines) is 1. The quantitative estimate of drug-likeness (QED) is 0.130. The Morgan fingerprint density at radius 1 is 1.04 bits per heavy atom. The van der Waals surface area contributed by atoms with E-state index in [2.05, 4.69) is 27.3 Å². The van der Waals surface area contributed by atoms with Gasteiger partial charge in [0.1, 0.15) is 30.1 Å². The van der Waals surface area contributed by atoms with E-state index in [0.717, 1.165) is 24.1 Å². The van der Waals surface area contributed by atoms with Crippen LogP contribution in [0.25, 0.3) is 11.0 Å². The summed E-state index contributed by atoms with van der Waals surface area (Å²) in [6.45, 7) is 2.10. The number of aromatic nitrogens is 2. The van der Waals surface area contributed by atoms with E-state index in [4.69, 9.17) is 31.0 Å². The van der Waals surface area contributed by atoms with Crippen molar-refractivity contribution in [3.05, 3.63) is 95.0 Å². The largest absolute Gasteiger partial charge is 0.508 e. The van der Waals surface area contributed by atoms with Crippen molar-refractivity contribution in [2.75, 3.05) is 32.2 Å². The van der Waals surface area contributed by atoms with Gasteiger partial charge in [-0.3, -0.25) is 9.69 Å². The minimum absolute atomic E-state index is 0.0692. The third kappa shape index (κ3) is 7.85. The Bertz CT molecular complexity index is 2270. The number of nitrogens with one attached hydrogen (secondary N) is 1. The Kier molecular flexibility index (Phi) is 9.87. The van der Waals surface area contributed by atoms with E-state index in [1.807, 2.05) is 18.2 Å². The molecule has 5 aromatic rings. The number of nitrogens with two attached hydrogens (primary N) is 1. The van der Waals surface area contributed by atoms with Gasteiger partial charge in [0.05, 0.1) is 30.7 Å². The molecular formula is C36H36ClN6O9S+. The SMILES string of the molecule is C[N+]1(Cc2ccc3c(c2)OCO3)CCC[C@H](N(C(=O)Nc2ccc(OS(=O)(=O)c3c(Cl)ccc4nonc34)cc2)C(=O)[C@@H](N)Cc2ccc(O)cc2)C1. The third-order valence-electron chi connectivity index (χ3n) is 9.31. The number of hydrogen-bond donors (Lipinski definition) is 3. The number of fused-ring (bicyclic) bond motifs is 2. The van der Waals surface area contributed by atoms with Crippen molar-refractivity contribution in [2.24, 2.45) is 5.73 Å². The predicted molar refractivity (Wildman–Crippen MR) is 192 cm³/mol. The first-order valence-electron chi connectivity index (χ1n) is 16.7. The number of phenols is 1. The van der Waals surface area contributed by atoms with Gasteiger partial charge < -0.3 is 34.3 Å². The van der Waals surface area contributed by atoms with Gasteiger partial charge in [-0.2, -0.15) is 8.42 Å². The van der Waals surface area contributed by atoms with Crippen LogP contribution in [0.1, 0.15) is 24.0 Å². The van der Waals surface area contributed by atoms with Gasteiger partial charge in [-0.05, 0) is 102 Å². The molecular weight excluding hydrogens is 728 g/mol. The van der Waals surface area contributed by atoms with Crippen LogP contribution in [0.4, 0.5) is 10.5 Å². The third-order valence-corrected chi connectivity index (χ3v) is 11.1. The lowest BCUT2D eigenvalue weighted by atomic mass is 9.98. The predicted octanol–water partition coefficient (Wildman–Crippen LogP) is 4.82. The molecule has 0 aliphatic carbocycles. The Hall–Kier alpha value is -5.42. The van der Waals surface area contributed by atoms with E-state index < -0.39 is 39.0 Å². The first-order valence-corrected chi connectivity index (χ1v) is 18.5. The molecule has 0 spiro atoms. The van der Waals surface area contributed by atoms with E-state index in [0.29, 0.717) is 35.5 Å². The van der Waals surface area contributed by atoms with E-state index in [1.54, 1.807) is 12.1 Å². The second-order valence-electron chi connectivity index (χ2n) is 13.4. The average Bonchev–Trinajstić information content (AvgIpc) is 3.79. The van der Waals surface area contributed by atoms with E-state index in [-0.39, 0.29) is 46.5 Å². The zero-order valence-corrected chi connectivity index (χ0v) is 30.0. The number of anilines is 1. The Balaban J connectivity index is 1.10. The summed E-state index contributed by atoms with van der Waals surface area (Å²) in [5, 5.41) is 19.7. The maximum atomic E-state index is 14.1. The average molecular weight is 764 g/mol. The fourth-order valence-corrected chi connectivity index (χ4v) is 8.39. The summed E-state index contributed by atoms with van der Waals surface area (Å²) < 4.78 is 48.0. The van der Waals surface area contributed by atoms with Gasteiger partial charge in [0.15, 0.2) is 21.9 Å². The van der Waals surface area contributed by atoms with Gasteiger partial charge in [-0.1, -0.05) is 23.7 Å². The highest BCUT2D eigenvalue weighted by molar-refractivity contribution is 7.87. The maximum Gasteiger partial charge on any atom is 0.343 e. The zero-order valence-electron chi connectivity index (χ0n) is 28.5. The molecule has 276 valence electrons. The van der Waals surface area contributed by atoms with Crippen LogP contribution in [0, 0.1) is 0 Å². The minimum Gasteiger partial charge on any atom is -0.508 e. The number of carbonyl (C=O) groups is 2. The van der Waals surface area contributed by atoms with Crippen molar-refractivity contribution in [3.8, 4) is 23.0 Å². The number of nitrogens with zero attached hydrogens (tertiary/aromatic N) is 4. The van der Waals surface area contributed by atoms with Gasteiger partial charge in [-0.15, -0.1) is 0 Å². The molecule has 4 N–H and O–H groups in total. The second kappa shape index (κ2) is 14.5. The lowest BCUT2D eigenvalue weighted by Gasteiger charge is -2.44. The molecule has 4 aromatic carbocycles. The Morgan fingerprint density at radius 3 is 2.55 bits per heavy atom. The van der Waals surface area contributed by atoms with E-state index in [9.17, 15) is 23.1 Å². The monoisotopic (exact) mass is 763 g/mol. The zero-order chi connectivity index (χ0) is 37.3. The van der Waals surface area contributed by atoms with E-state index >= 15 is 0 Å². The van der Waals surface area contributed by atoms with Crippen LogP contribution in [0.15, 0.2) is 88.4 Å². The molecule has 0 radical (unpaired) electrons. The number of benzene rings is 4. The molecule has 17 heteroatoms. The molecule has 1 aromatic heterocycles. The number of carbonyl (C=O) groups excluding carboxylic acids is 2. The van der Waals surface area contributed by atoms with Crippen molar-refractivity contribution in [1.82, 2.24) is 15.2 Å². The molecule has 1 fully saturated rings. The highest BCUT2D eigenvalue weighted by atomic mass is 35.5. The van der Waals surface area contributed by atoms with Gasteiger partial charge in [0, 0.05) is 11.3 Å². The van der Waals surface area contributed by atoms with Gasteiger partial charge >= 0.3 is 16.1 Å². The van der Waals surface area contributed by atoms with Crippen LogP contribution in [-0.2, 0) is 27.9 Å². The lowest BCUT2D eigenvalue weighted by Crippen LogP contribution is -2.62. The van der Waals surface area contributed by atoms with Gasteiger partial charge in [0.2, 0.25) is 12.7 Å². The number of urea groups is 1. The Morgan fingerprint density at radius 2 is 1.77 bits per heavy atom. The maximum absolute atomic E-state index is 14.1. The van der Waals surface area contributed by atoms with Crippen LogP contribution in [0.5, 0.6) is 23.0 Å². The topological polar surface area (TPSA) is 196 Å². The number of aromatic hydroxyl groups is 1. The molecule has 15 nitrogen and oxygen atoms in total. The molecule has 0 saturated carbocycles. The van der Waals surface area contributed by atoms with Crippen molar-refractivity contribution >= 4 is 50.4 Å². The number of piperidine rings is 1. The summed E-state index contributed by atoms with van der Waals surface area (Å²) in [5.74, 6) is 0.827. The van der Waals surface area contributed by atoms with Crippen molar-refractivity contribution in [2.45, 2.75) is 42.8 Å². The summed E-state index contributed by atoms with van der Waals surface area (Å²) in [4.78, 5) is 29.0. The smallest absolute Gasteiger partial charge is 0.343 e. The summed E-state index contributed by atoms with van der Waals surface area (Å²) in [5.41, 5.74) is 8.60. The standard InChI is InChI=1S/C36H35ClN6O9S/c1-43(19-23-6-15-31-32(18-23)50-21-49-31)16-2-3-25(20-43)42(35(45)29(38)17-22-4-9-26(44)10-5-22)36(46)39-24-7-11-27(12-8-24)51-53(47,48)34-28(37)13-14-30-33(34)41-52-40-30/h4-15,18,25,29H,2-3,16-17,19-21,38H2,1H3,(H-,39,44,46)/p+1/t25-,29-,43?/m0/s1. The van der Waals surface area contributed by atoms with Crippen molar-refractivity contribution < 1.29 is 45.9 Å². The molecule has 53 heavy (non-hydrogen) atoms. The van der Waals surface area contributed by atoms with Crippen LogP contribution < -0.4 is 24.7 Å². The molecule has 7 rings (SSSR count). The molecule has 3 heterocycles. The van der Waals surface area contributed by atoms with Gasteiger partial charge in [-0.25, -0.2) is 9.42 Å². The number of imide groups is 1. The lowest BCUT2D eigenvalue weighted by molar-refractivity contribution is -0.928. The number of halogens is 1. The number of amides is 3. The van der Waals surface area contributed by atoms with Crippen LogP contribution in [0.3, 0.4) is 0 Å². The highest BCUT2D eigenvalue weighted by Crippen LogP contribution is 2.35. The minimum atomic E-state index is -4.47. The summed E-state index contributed by atoms with van der Waals surface area (Å²) in [6, 6.07) is 18.4. The molecule has 2 aliphatic heterocycles. The highest BCUT2D eigenvalue weighted by Gasteiger charge is 2.41. The molecule has 0 bridgehead atoms. The van der Waals surface area contributed by atoms with Crippen molar-refractivity contribution in [3.63, 3.8) is 0 Å². The summed E-state index contributed by atoms with van der Waals surface area (Å²) >= 11 is 6.19. The number of ether oxygens (including phenoxy) is 2. The number of phenolic OH excluding ortho intramolecular Hbond substituents is 1. The van der Waals surface area contributed by atoms with Crippen LogP contribution >= 0.6 is 11.6 Å². The van der Waals surface area contributed by atoms with E-state index in [1.165, 1.54) is 53.4 Å².